The van der Waals surface area contributed by atoms with Gasteiger partial charge in [0, 0.05) is 10.5 Å². The van der Waals surface area contributed by atoms with Crippen molar-refractivity contribution in [1.29, 1.82) is 0 Å². The van der Waals surface area contributed by atoms with E-state index in [2.05, 4.69) is 51.8 Å². The maximum Gasteiger partial charge on any atom is 0.283 e. The Hall–Kier alpha value is -1.71. The molecule has 0 amide bonds. The molecule has 0 spiro atoms. The maximum atomic E-state index is 9.90. The van der Waals surface area contributed by atoms with Crippen molar-refractivity contribution in [2.75, 3.05) is 0 Å². The summed E-state index contributed by atoms with van der Waals surface area (Å²) in [5.41, 5.74) is 4.06. The minimum Gasteiger partial charge on any atom is -0.202 e. The summed E-state index contributed by atoms with van der Waals surface area (Å²) in [7, 11) is -3.60. The van der Waals surface area contributed by atoms with E-state index >= 15 is 0 Å². The van der Waals surface area contributed by atoms with Crippen LogP contribution in [0.3, 0.4) is 0 Å². The molecule has 0 unspecified atom stereocenters. The first-order valence-electron chi connectivity index (χ1n) is 4.55. The highest BCUT2D eigenvalue weighted by atomic mass is 32.2. The molecule has 0 bridgehead atoms. The molecule has 0 aliphatic carbocycles. The number of hydrogen-bond donors (Lipinski definition) is 0. The minimum atomic E-state index is -3.60. The molecule has 3 heteroatoms. The van der Waals surface area contributed by atoms with Crippen molar-refractivity contribution in [3.63, 3.8) is 0 Å². The van der Waals surface area contributed by atoms with Crippen LogP contribution < -0.4 is 0 Å². The third-order valence-corrected chi connectivity index (χ3v) is 2.30. The fourth-order valence-corrected chi connectivity index (χ4v) is 1.30. The van der Waals surface area contributed by atoms with Gasteiger partial charge in [-0.3, -0.25) is 0 Å². The van der Waals surface area contributed by atoms with Crippen LogP contribution in [0.4, 0.5) is 0 Å². The molecule has 0 saturated carbocycles. The van der Waals surface area contributed by atoms with Gasteiger partial charge in [0.25, 0.3) is 9.84 Å². The summed E-state index contributed by atoms with van der Waals surface area (Å²) in [6.45, 7) is 6.38. The van der Waals surface area contributed by atoms with Gasteiger partial charge in [0.2, 0.25) is 0 Å². The molecule has 16 heavy (non-hydrogen) atoms. The molecule has 84 valence electrons. The van der Waals surface area contributed by atoms with Gasteiger partial charge < -0.3 is 0 Å². The van der Waals surface area contributed by atoms with Gasteiger partial charge in [0.15, 0.2) is 0 Å². The molecule has 1 aromatic carbocycles. The number of sulfone groups is 1. The molecule has 1 aromatic rings. The van der Waals surface area contributed by atoms with E-state index in [1.54, 1.807) is 0 Å². The second-order valence-corrected chi connectivity index (χ2v) is 4.88. The monoisotopic (exact) mass is 234 g/mol. The number of hydrogen-bond acceptors (Lipinski definition) is 2. The summed E-state index contributed by atoms with van der Waals surface area (Å²) < 4.78 is 19.8. The second-order valence-electron chi connectivity index (χ2n) is 3.40. The molecular formula is C13H14O2S. The second kappa shape index (κ2) is 6.00. The Morgan fingerprint density at radius 1 is 0.875 bits per heavy atom. The van der Waals surface area contributed by atoms with Crippen LogP contribution >= 0.6 is 0 Å². The number of terminal acetylenes is 2. The van der Waals surface area contributed by atoms with E-state index in [1.807, 2.05) is 0 Å². The first-order valence-corrected chi connectivity index (χ1v) is 6.03. The van der Waals surface area contributed by atoms with Gasteiger partial charge in [-0.25, -0.2) is 8.42 Å². The zero-order valence-corrected chi connectivity index (χ0v) is 10.4. The minimum absolute atomic E-state index is 1.35. The maximum absolute atomic E-state index is 9.90. The average Bonchev–Trinajstić information content (AvgIpc) is 2.16. The summed E-state index contributed by atoms with van der Waals surface area (Å²) in [4.78, 5) is 0. The Morgan fingerprint density at radius 3 is 1.25 bits per heavy atom. The zero-order chi connectivity index (χ0) is 12.8. The molecule has 0 radical (unpaired) electrons. The van der Waals surface area contributed by atoms with Crippen LogP contribution in [0.25, 0.3) is 0 Å². The molecule has 0 aromatic heterocycles. The predicted molar refractivity (Wildman–Crippen MR) is 67.2 cm³/mol. The first kappa shape index (κ1) is 14.3. The third-order valence-electron chi connectivity index (χ3n) is 1.68. The molecule has 0 aliphatic heterocycles. The highest BCUT2D eigenvalue weighted by Gasteiger charge is 1.92. The Bertz CT molecular complexity index is 470. The summed E-state index contributed by atoms with van der Waals surface area (Å²) >= 11 is 0. The predicted octanol–water partition coefficient (Wildman–Crippen LogP) is 2.19. The Labute approximate surface area is 97.6 Å². The molecule has 0 N–H and O–H groups in total. The molecule has 2 nitrogen and oxygen atoms in total. The van der Waals surface area contributed by atoms with Gasteiger partial charge in [-0.2, -0.15) is 0 Å². The van der Waals surface area contributed by atoms with Crippen LogP contribution in [0.15, 0.2) is 18.2 Å². The van der Waals surface area contributed by atoms with Crippen molar-refractivity contribution in [2.24, 2.45) is 0 Å². The van der Waals surface area contributed by atoms with Crippen LogP contribution in [0.5, 0.6) is 0 Å². The SMILES string of the molecule is C#CS(=O)(=O)C#C.Cc1cc(C)cc(C)c1. The van der Waals surface area contributed by atoms with Crippen LogP contribution in [-0.2, 0) is 9.84 Å². The standard InChI is InChI=1S/C9H12.C4H2O2S/c1-7-4-8(2)6-9(3)5-7;1-3-7(5,6)4-2/h4-6H,1-3H3;1-2H. The van der Waals surface area contributed by atoms with Gasteiger partial charge >= 0.3 is 0 Å². The third kappa shape index (κ3) is 5.90. The Kier molecular flexibility index (Phi) is 5.36. The summed E-state index contributed by atoms with van der Waals surface area (Å²) in [6.07, 6.45) is 8.87. The number of rotatable bonds is 0. The smallest absolute Gasteiger partial charge is 0.202 e. The molecule has 0 atom stereocenters. The number of aryl methyl sites for hydroxylation is 3. The molecule has 0 fully saturated rings. The van der Waals surface area contributed by atoms with Crippen LogP contribution in [0, 0.1) is 44.1 Å². The van der Waals surface area contributed by atoms with E-state index in [4.69, 9.17) is 0 Å². The van der Waals surface area contributed by atoms with Gasteiger partial charge in [-0.15, -0.1) is 12.8 Å². The highest BCUT2D eigenvalue weighted by molar-refractivity contribution is 8.00. The molecule has 0 saturated heterocycles. The molecule has 0 heterocycles. The van der Waals surface area contributed by atoms with E-state index in [0.717, 1.165) is 0 Å². The number of benzene rings is 1. The topological polar surface area (TPSA) is 34.1 Å². The average molecular weight is 234 g/mol. The van der Waals surface area contributed by atoms with Gasteiger partial charge in [0.05, 0.1) is 0 Å². The summed E-state index contributed by atoms with van der Waals surface area (Å²) in [6, 6.07) is 6.56. The summed E-state index contributed by atoms with van der Waals surface area (Å²) in [5.74, 6) is 0. The largest absolute Gasteiger partial charge is 0.283 e. The van der Waals surface area contributed by atoms with Crippen LogP contribution in [-0.4, -0.2) is 8.42 Å². The quantitative estimate of drug-likeness (QED) is 0.509. The van der Waals surface area contributed by atoms with Gasteiger partial charge in [-0.1, -0.05) is 34.9 Å². The van der Waals surface area contributed by atoms with Crippen molar-refractivity contribution in [2.45, 2.75) is 20.8 Å². The fourth-order valence-electron chi connectivity index (χ4n) is 1.24. The lowest BCUT2D eigenvalue weighted by atomic mass is 10.1. The lowest BCUT2D eigenvalue weighted by Gasteiger charge is -1.96. The summed E-state index contributed by atoms with van der Waals surface area (Å²) in [5, 5.41) is 2.85. The van der Waals surface area contributed by atoms with Crippen molar-refractivity contribution in [3.05, 3.63) is 34.9 Å². The van der Waals surface area contributed by atoms with Crippen molar-refractivity contribution in [3.8, 4) is 23.4 Å². The Morgan fingerprint density at radius 2 is 1.12 bits per heavy atom. The molecule has 1 rings (SSSR count). The van der Waals surface area contributed by atoms with Gasteiger partial charge in [0.1, 0.15) is 0 Å². The fraction of sp³-hybridized carbons (Fsp3) is 0.231. The first-order chi connectivity index (χ1) is 7.30. The van der Waals surface area contributed by atoms with Gasteiger partial charge in [-0.05, 0) is 20.8 Å². The van der Waals surface area contributed by atoms with Crippen LogP contribution in [0.2, 0.25) is 0 Å². The van der Waals surface area contributed by atoms with E-state index in [1.165, 1.54) is 27.2 Å². The van der Waals surface area contributed by atoms with E-state index in [0.29, 0.717) is 0 Å². The Balaban J connectivity index is 0.000000293. The highest BCUT2D eigenvalue weighted by Crippen LogP contribution is 2.06. The zero-order valence-electron chi connectivity index (χ0n) is 9.61. The normalized spacial score (nSPS) is 9.31. The van der Waals surface area contributed by atoms with Crippen molar-refractivity contribution < 1.29 is 8.42 Å². The van der Waals surface area contributed by atoms with Crippen molar-refractivity contribution >= 4 is 9.84 Å². The van der Waals surface area contributed by atoms with E-state index in [-0.39, 0.29) is 0 Å². The van der Waals surface area contributed by atoms with Crippen molar-refractivity contribution in [1.82, 2.24) is 0 Å². The van der Waals surface area contributed by atoms with Crippen LogP contribution in [0.1, 0.15) is 16.7 Å². The lowest BCUT2D eigenvalue weighted by Crippen LogP contribution is -1.85. The van der Waals surface area contributed by atoms with E-state index < -0.39 is 9.84 Å². The molecule has 0 aliphatic rings. The lowest BCUT2D eigenvalue weighted by molar-refractivity contribution is 0.615. The van der Waals surface area contributed by atoms with E-state index in [9.17, 15) is 8.42 Å². The molecular weight excluding hydrogens is 220 g/mol.